The van der Waals surface area contributed by atoms with Crippen LogP contribution in [0.4, 0.5) is 0 Å². The van der Waals surface area contributed by atoms with E-state index in [-0.39, 0.29) is 12.3 Å². The number of ether oxygens (including phenoxy) is 1. The molecule has 1 aromatic heterocycles. The molecule has 0 saturated heterocycles. The first-order valence-electron chi connectivity index (χ1n) is 3.90. The van der Waals surface area contributed by atoms with Gasteiger partial charge in [-0.3, -0.25) is 0 Å². The molecule has 74 valence electrons. The van der Waals surface area contributed by atoms with Gasteiger partial charge < -0.3 is 14.4 Å². The van der Waals surface area contributed by atoms with Crippen LogP contribution in [0.2, 0.25) is 0 Å². The average molecular weight is 195 g/mol. The van der Waals surface area contributed by atoms with Crippen LogP contribution < -0.4 is 0 Å². The van der Waals surface area contributed by atoms with Crippen molar-refractivity contribution >= 4 is 5.97 Å². The Labute approximate surface area is 80.7 Å². The number of nitrogens with zero attached hydrogens (tertiary/aromatic N) is 1. The van der Waals surface area contributed by atoms with Crippen LogP contribution in [0.15, 0.2) is 10.6 Å². The van der Waals surface area contributed by atoms with Crippen molar-refractivity contribution in [3.05, 3.63) is 17.5 Å². The molecule has 0 aliphatic heterocycles. The molecule has 0 saturated carbocycles. The first kappa shape index (κ1) is 10.3. The lowest BCUT2D eigenvalue weighted by Crippen LogP contribution is -1.95. The summed E-state index contributed by atoms with van der Waals surface area (Å²) in [5, 5.41) is 11.8. The predicted molar refractivity (Wildman–Crippen MR) is 46.6 cm³/mol. The van der Waals surface area contributed by atoms with E-state index in [1.807, 2.05) is 0 Å². The molecule has 1 heterocycles. The van der Waals surface area contributed by atoms with Gasteiger partial charge >= 0.3 is 5.97 Å². The van der Waals surface area contributed by atoms with Crippen LogP contribution in [0.1, 0.15) is 23.2 Å². The number of aromatic nitrogens is 1. The highest BCUT2D eigenvalue weighted by Crippen LogP contribution is 2.04. The smallest absolute Gasteiger partial charge is 0.358 e. The molecule has 0 aromatic carbocycles. The molecule has 0 bridgehead atoms. The summed E-state index contributed by atoms with van der Waals surface area (Å²) in [6.45, 7) is 2.18. The van der Waals surface area contributed by atoms with Crippen molar-refractivity contribution < 1.29 is 19.2 Å². The molecule has 1 N–H and O–H groups in total. The number of carboxylic acids is 1. The molecule has 0 unspecified atom stereocenters. The Morgan fingerprint density at radius 3 is 3.14 bits per heavy atom. The van der Waals surface area contributed by atoms with Crippen LogP contribution >= 0.6 is 0 Å². The van der Waals surface area contributed by atoms with E-state index in [1.54, 1.807) is 6.92 Å². The van der Waals surface area contributed by atoms with Gasteiger partial charge in [0.25, 0.3) is 0 Å². The first-order valence-corrected chi connectivity index (χ1v) is 3.90. The summed E-state index contributed by atoms with van der Waals surface area (Å²) >= 11 is 0. The molecule has 0 aliphatic rings. The number of aromatic carboxylic acids is 1. The predicted octanol–water partition coefficient (Wildman–Crippen LogP) is 0.913. The summed E-state index contributed by atoms with van der Waals surface area (Å²) in [6.07, 6.45) is 0. The van der Waals surface area contributed by atoms with E-state index in [1.165, 1.54) is 6.07 Å². The zero-order valence-corrected chi connectivity index (χ0v) is 7.61. The molecule has 0 radical (unpaired) electrons. The van der Waals surface area contributed by atoms with Crippen molar-refractivity contribution in [2.24, 2.45) is 0 Å². The van der Waals surface area contributed by atoms with Gasteiger partial charge in [0.1, 0.15) is 13.2 Å². The molecule has 1 rings (SSSR count). The van der Waals surface area contributed by atoms with E-state index in [2.05, 4.69) is 17.0 Å². The Bertz CT molecular complexity index is 372. The maximum Gasteiger partial charge on any atom is 0.358 e. The summed E-state index contributed by atoms with van der Waals surface area (Å²) in [4.78, 5) is 10.4. The fraction of sp³-hybridized carbons (Fsp3) is 0.333. The van der Waals surface area contributed by atoms with E-state index in [0.29, 0.717) is 12.4 Å². The molecule has 0 spiro atoms. The highest BCUT2D eigenvalue weighted by Gasteiger charge is 2.09. The van der Waals surface area contributed by atoms with E-state index in [0.717, 1.165) is 0 Å². The van der Waals surface area contributed by atoms with E-state index in [4.69, 9.17) is 14.4 Å². The highest BCUT2D eigenvalue weighted by molar-refractivity contribution is 5.85. The summed E-state index contributed by atoms with van der Waals surface area (Å²) in [5.41, 5.74) is -0.120. The SMILES string of the molecule is CC#CCOCc1cc(C(=O)O)no1. The third-order valence-corrected chi connectivity index (χ3v) is 1.37. The number of rotatable bonds is 4. The monoisotopic (exact) mass is 195 g/mol. The lowest BCUT2D eigenvalue weighted by atomic mass is 10.4. The Morgan fingerprint density at radius 1 is 1.79 bits per heavy atom. The number of hydrogen-bond donors (Lipinski definition) is 1. The van der Waals surface area contributed by atoms with Crippen LogP contribution in [0, 0.1) is 11.8 Å². The quantitative estimate of drug-likeness (QED) is 0.571. The lowest BCUT2D eigenvalue weighted by molar-refractivity contribution is 0.0685. The van der Waals surface area contributed by atoms with Crippen LogP contribution in [-0.2, 0) is 11.3 Å². The van der Waals surface area contributed by atoms with Crippen LogP contribution in [0.3, 0.4) is 0 Å². The summed E-state index contributed by atoms with van der Waals surface area (Å²) in [5.74, 6) is 4.62. The molecular weight excluding hydrogens is 186 g/mol. The molecular formula is C9H9NO4. The summed E-state index contributed by atoms with van der Waals surface area (Å²) < 4.78 is 9.76. The second-order valence-electron chi connectivity index (χ2n) is 2.40. The Hall–Kier alpha value is -1.80. The fourth-order valence-corrected chi connectivity index (χ4v) is 0.757. The topological polar surface area (TPSA) is 72.6 Å². The minimum Gasteiger partial charge on any atom is -0.476 e. The second kappa shape index (κ2) is 5.04. The van der Waals surface area contributed by atoms with Crippen molar-refractivity contribution in [1.29, 1.82) is 0 Å². The normalized spacial score (nSPS) is 9.21. The van der Waals surface area contributed by atoms with Crippen LogP contribution in [0.5, 0.6) is 0 Å². The molecule has 0 aliphatic carbocycles. The third-order valence-electron chi connectivity index (χ3n) is 1.37. The Balaban J connectivity index is 2.42. The average Bonchev–Trinajstić information content (AvgIpc) is 2.61. The molecule has 0 atom stereocenters. The van der Waals surface area contributed by atoms with Gasteiger partial charge in [0.15, 0.2) is 11.5 Å². The molecule has 5 heteroatoms. The number of carbonyl (C=O) groups is 1. The standard InChI is InChI=1S/C9H9NO4/c1-2-3-4-13-6-7-5-8(9(11)12)10-14-7/h5H,4,6H2,1H3,(H,11,12). The van der Waals surface area contributed by atoms with Gasteiger partial charge in [0.05, 0.1) is 0 Å². The van der Waals surface area contributed by atoms with Gasteiger partial charge in [-0.25, -0.2) is 4.79 Å². The second-order valence-corrected chi connectivity index (χ2v) is 2.40. The molecule has 5 nitrogen and oxygen atoms in total. The molecule has 14 heavy (non-hydrogen) atoms. The fourth-order valence-electron chi connectivity index (χ4n) is 0.757. The largest absolute Gasteiger partial charge is 0.476 e. The number of hydrogen-bond acceptors (Lipinski definition) is 4. The Morgan fingerprint density at radius 2 is 2.57 bits per heavy atom. The van der Waals surface area contributed by atoms with Gasteiger partial charge in [-0.1, -0.05) is 11.1 Å². The zero-order valence-electron chi connectivity index (χ0n) is 7.61. The maximum atomic E-state index is 10.4. The van der Waals surface area contributed by atoms with Crippen molar-refractivity contribution in [3.8, 4) is 11.8 Å². The van der Waals surface area contributed by atoms with E-state index < -0.39 is 5.97 Å². The van der Waals surface area contributed by atoms with E-state index >= 15 is 0 Å². The minimum absolute atomic E-state index is 0.120. The van der Waals surface area contributed by atoms with Gasteiger partial charge in [-0.2, -0.15) is 0 Å². The summed E-state index contributed by atoms with van der Waals surface area (Å²) in [7, 11) is 0. The minimum atomic E-state index is -1.12. The maximum absolute atomic E-state index is 10.4. The Kier molecular flexibility index (Phi) is 3.70. The lowest BCUT2D eigenvalue weighted by Gasteiger charge is -1.92. The van der Waals surface area contributed by atoms with Crippen molar-refractivity contribution in [2.45, 2.75) is 13.5 Å². The number of carboxylic acid groups (broad SMARTS) is 1. The highest BCUT2D eigenvalue weighted by atomic mass is 16.5. The van der Waals surface area contributed by atoms with Crippen molar-refractivity contribution in [2.75, 3.05) is 6.61 Å². The van der Waals surface area contributed by atoms with Gasteiger partial charge in [-0.15, -0.1) is 5.92 Å². The first-order chi connectivity index (χ1) is 6.74. The third kappa shape index (κ3) is 2.92. The molecule has 0 fully saturated rings. The van der Waals surface area contributed by atoms with E-state index in [9.17, 15) is 4.79 Å². The van der Waals surface area contributed by atoms with Crippen molar-refractivity contribution in [3.63, 3.8) is 0 Å². The summed E-state index contributed by atoms with van der Waals surface area (Å²) in [6, 6.07) is 1.32. The van der Waals surface area contributed by atoms with Gasteiger partial charge in [0.2, 0.25) is 0 Å². The molecule has 1 aromatic rings. The van der Waals surface area contributed by atoms with Gasteiger partial charge in [0, 0.05) is 6.07 Å². The molecule has 0 amide bonds. The van der Waals surface area contributed by atoms with Crippen LogP contribution in [0.25, 0.3) is 0 Å². The van der Waals surface area contributed by atoms with Crippen LogP contribution in [-0.4, -0.2) is 22.8 Å². The van der Waals surface area contributed by atoms with Gasteiger partial charge in [-0.05, 0) is 6.92 Å². The zero-order chi connectivity index (χ0) is 10.4. The van der Waals surface area contributed by atoms with Crippen molar-refractivity contribution in [1.82, 2.24) is 5.16 Å².